The zero-order chi connectivity index (χ0) is 24.3. The molecule has 180 valence electrons. The first-order valence-corrected chi connectivity index (χ1v) is 11.5. The number of aliphatic hydroxyl groups is 2. The van der Waals surface area contributed by atoms with Gasteiger partial charge in [0.1, 0.15) is 12.1 Å². The van der Waals surface area contributed by atoms with Gasteiger partial charge < -0.3 is 37.0 Å². The summed E-state index contributed by atoms with van der Waals surface area (Å²) in [6.45, 7) is 6.17. The predicted octanol–water partition coefficient (Wildman–Crippen LogP) is -1.59. The summed E-state index contributed by atoms with van der Waals surface area (Å²) in [5.41, 5.74) is 5.87. The van der Waals surface area contributed by atoms with E-state index < -0.39 is 60.1 Å². The summed E-state index contributed by atoms with van der Waals surface area (Å²) in [5, 5.41) is 35.8. The first-order chi connectivity index (χ1) is 14.4. The van der Waals surface area contributed by atoms with E-state index in [2.05, 4.69) is 16.0 Å². The van der Waals surface area contributed by atoms with Crippen molar-refractivity contribution in [3.63, 3.8) is 0 Å². The molecule has 12 heteroatoms. The van der Waals surface area contributed by atoms with Gasteiger partial charge in [0.25, 0.3) is 0 Å². The molecule has 7 atom stereocenters. The van der Waals surface area contributed by atoms with E-state index in [1.54, 1.807) is 13.2 Å². The van der Waals surface area contributed by atoms with Crippen LogP contribution in [0.5, 0.6) is 0 Å². The van der Waals surface area contributed by atoms with Crippen molar-refractivity contribution in [2.24, 2.45) is 11.7 Å². The zero-order valence-corrected chi connectivity index (χ0v) is 19.4. The van der Waals surface area contributed by atoms with Crippen LogP contribution in [0, 0.1) is 5.92 Å². The maximum atomic E-state index is 12.7. The Hall–Kier alpha value is -1.89. The van der Waals surface area contributed by atoms with Crippen LogP contribution >= 0.6 is 11.8 Å². The number of hydrogen-bond donors (Lipinski definition) is 7. The Labute approximate surface area is 186 Å². The van der Waals surface area contributed by atoms with Crippen molar-refractivity contribution < 1.29 is 34.5 Å². The molecule has 0 heterocycles. The molecule has 0 saturated heterocycles. The van der Waals surface area contributed by atoms with Gasteiger partial charge in [-0.2, -0.15) is 11.8 Å². The van der Waals surface area contributed by atoms with Gasteiger partial charge in [0.15, 0.2) is 6.04 Å². The molecule has 0 aliphatic carbocycles. The molecule has 0 aromatic heterocycles. The third-order valence-corrected chi connectivity index (χ3v) is 5.56. The first-order valence-electron chi connectivity index (χ1n) is 10.1. The van der Waals surface area contributed by atoms with Crippen molar-refractivity contribution in [3.05, 3.63) is 0 Å². The number of rotatable bonds is 14. The largest absolute Gasteiger partial charge is 0.480 e. The molecule has 31 heavy (non-hydrogen) atoms. The molecule has 3 amide bonds. The Morgan fingerprint density at radius 3 is 1.84 bits per heavy atom. The lowest BCUT2D eigenvalue weighted by atomic mass is 9.98. The maximum absolute atomic E-state index is 12.7. The third kappa shape index (κ3) is 9.85. The first kappa shape index (κ1) is 29.1. The molecule has 0 radical (unpaired) electrons. The number of hydrogen-bond acceptors (Lipinski definition) is 8. The van der Waals surface area contributed by atoms with E-state index in [1.165, 1.54) is 25.6 Å². The molecule has 0 saturated carbocycles. The molecule has 0 aromatic carbocycles. The van der Waals surface area contributed by atoms with Crippen LogP contribution in [0.2, 0.25) is 0 Å². The van der Waals surface area contributed by atoms with Crippen LogP contribution < -0.4 is 21.7 Å². The highest BCUT2D eigenvalue weighted by molar-refractivity contribution is 7.98. The molecule has 0 aliphatic heterocycles. The van der Waals surface area contributed by atoms with Gasteiger partial charge in [0.2, 0.25) is 17.7 Å². The number of amides is 3. The maximum Gasteiger partial charge on any atom is 0.328 e. The summed E-state index contributed by atoms with van der Waals surface area (Å²) in [6, 6.07) is -4.93. The van der Waals surface area contributed by atoms with Crippen molar-refractivity contribution in [1.82, 2.24) is 16.0 Å². The van der Waals surface area contributed by atoms with Crippen LogP contribution in [-0.4, -0.2) is 87.4 Å². The molecule has 0 fully saturated rings. The second-order valence-corrected chi connectivity index (χ2v) is 8.53. The van der Waals surface area contributed by atoms with E-state index in [9.17, 15) is 29.4 Å². The van der Waals surface area contributed by atoms with Gasteiger partial charge in [0.05, 0.1) is 18.2 Å². The summed E-state index contributed by atoms with van der Waals surface area (Å²) in [5.74, 6) is -3.33. The minimum absolute atomic E-state index is 0.147. The van der Waals surface area contributed by atoms with Crippen LogP contribution in [0.25, 0.3) is 0 Å². The van der Waals surface area contributed by atoms with Gasteiger partial charge in [-0.05, 0) is 38.2 Å². The second-order valence-electron chi connectivity index (χ2n) is 7.55. The van der Waals surface area contributed by atoms with E-state index in [0.29, 0.717) is 12.2 Å². The lowest BCUT2D eigenvalue weighted by Crippen LogP contribution is -2.60. The molecule has 0 spiro atoms. The minimum Gasteiger partial charge on any atom is -0.480 e. The predicted molar refractivity (Wildman–Crippen MR) is 117 cm³/mol. The van der Waals surface area contributed by atoms with Gasteiger partial charge in [-0.25, -0.2) is 4.79 Å². The molecule has 0 aliphatic rings. The van der Waals surface area contributed by atoms with Crippen molar-refractivity contribution in [3.8, 4) is 0 Å². The second kappa shape index (κ2) is 14.2. The highest BCUT2D eigenvalue weighted by Gasteiger charge is 2.33. The average molecular weight is 465 g/mol. The summed E-state index contributed by atoms with van der Waals surface area (Å²) in [6.07, 6.45) is -0.0311. The smallest absolute Gasteiger partial charge is 0.328 e. The van der Waals surface area contributed by atoms with Crippen molar-refractivity contribution >= 4 is 35.5 Å². The van der Waals surface area contributed by atoms with Crippen LogP contribution in [0.3, 0.4) is 0 Å². The number of carbonyl (C=O) groups is 4. The molecule has 0 aromatic rings. The fraction of sp³-hybridized carbons (Fsp3) is 0.789. The normalized spacial score (nSPS) is 17.9. The van der Waals surface area contributed by atoms with Gasteiger partial charge in [-0.1, -0.05) is 20.3 Å². The van der Waals surface area contributed by atoms with Crippen molar-refractivity contribution in [1.29, 1.82) is 0 Å². The number of aliphatic hydroxyl groups excluding tert-OH is 2. The van der Waals surface area contributed by atoms with Crippen LogP contribution in [0.15, 0.2) is 0 Å². The molecular weight excluding hydrogens is 428 g/mol. The molecule has 7 unspecified atom stereocenters. The van der Waals surface area contributed by atoms with E-state index in [4.69, 9.17) is 10.8 Å². The zero-order valence-electron chi connectivity index (χ0n) is 18.6. The molecule has 8 N–H and O–H groups in total. The fourth-order valence-electron chi connectivity index (χ4n) is 2.58. The quantitative estimate of drug-likeness (QED) is 0.159. The number of thioether (sulfide) groups is 1. The Bertz CT molecular complexity index is 618. The lowest BCUT2D eigenvalue weighted by Gasteiger charge is -2.27. The number of carboxylic acids is 1. The molecule has 11 nitrogen and oxygen atoms in total. The summed E-state index contributed by atoms with van der Waals surface area (Å²) < 4.78 is 0. The number of aliphatic carboxylic acids is 1. The van der Waals surface area contributed by atoms with Crippen LogP contribution in [0.1, 0.15) is 40.5 Å². The van der Waals surface area contributed by atoms with Crippen molar-refractivity contribution in [2.45, 2.75) is 76.9 Å². The average Bonchev–Trinajstić information content (AvgIpc) is 2.70. The van der Waals surface area contributed by atoms with E-state index >= 15 is 0 Å². The van der Waals surface area contributed by atoms with E-state index in [-0.39, 0.29) is 12.3 Å². The summed E-state index contributed by atoms with van der Waals surface area (Å²) in [7, 11) is 0. The minimum atomic E-state index is -1.55. The summed E-state index contributed by atoms with van der Waals surface area (Å²) >= 11 is 1.41. The Kier molecular flexibility index (Phi) is 13.4. The lowest BCUT2D eigenvalue weighted by molar-refractivity contribution is -0.145. The van der Waals surface area contributed by atoms with Gasteiger partial charge in [-0.15, -0.1) is 0 Å². The summed E-state index contributed by atoms with van der Waals surface area (Å²) in [4.78, 5) is 48.9. The monoisotopic (exact) mass is 464 g/mol. The van der Waals surface area contributed by atoms with Gasteiger partial charge >= 0.3 is 5.97 Å². The van der Waals surface area contributed by atoms with Crippen LogP contribution in [0.4, 0.5) is 0 Å². The number of nitrogens with one attached hydrogen (secondary N) is 3. The van der Waals surface area contributed by atoms with E-state index in [1.807, 2.05) is 6.92 Å². The van der Waals surface area contributed by atoms with Gasteiger partial charge in [-0.3, -0.25) is 14.4 Å². The molecule has 0 bridgehead atoms. The topological polar surface area (TPSA) is 191 Å². The van der Waals surface area contributed by atoms with E-state index in [0.717, 1.165) is 0 Å². The highest BCUT2D eigenvalue weighted by atomic mass is 32.2. The Morgan fingerprint density at radius 1 is 0.903 bits per heavy atom. The highest BCUT2D eigenvalue weighted by Crippen LogP contribution is 2.08. The number of nitrogens with two attached hydrogens (primary N) is 1. The number of carbonyl (C=O) groups excluding carboxylic acids is 3. The molecular formula is C19H36N4O7S. The SMILES string of the molecule is CCC(C)C(N)C(=O)NC(C(=O)NC(CCSC)C(=O)NC(C(=O)O)C(C)O)C(C)O. The van der Waals surface area contributed by atoms with Crippen LogP contribution in [-0.2, 0) is 19.2 Å². The molecule has 0 rings (SSSR count). The van der Waals surface area contributed by atoms with Crippen molar-refractivity contribution in [2.75, 3.05) is 12.0 Å². The van der Waals surface area contributed by atoms with Gasteiger partial charge in [0, 0.05) is 0 Å². The number of carboxylic acid groups (broad SMARTS) is 1. The third-order valence-electron chi connectivity index (χ3n) is 4.91. The Balaban J connectivity index is 5.41. The fourth-order valence-corrected chi connectivity index (χ4v) is 3.05. The Morgan fingerprint density at radius 2 is 1.42 bits per heavy atom. The standard InChI is InChI=1S/C19H36N4O7S/c1-6-9(2)13(20)17(27)22-14(10(3)24)18(28)21-12(7-8-31-5)16(26)23-15(11(4)25)19(29)30/h9-15,24-25H,6-8,20H2,1-5H3,(H,21,28)(H,22,27)(H,23,26)(H,29,30).